The molecule has 0 bridgehead atoms. The quantitative estimate of drug-likeness (QED) is 0.758. The van der Waals surface area contributed by atoms with Crippen LogP contribution < -0.4 is 0 Å². The fraction of sp³-hybridized carbons (Fsp3) is 0.333. The third-order valence-electron chi connectivity index (χ3n) is 2.89. The van der Waals surface area contributed by atoms with E-state index in [0.717, 1.165) is 11.0 Å². The number of phenols is 1. The molecule has 90 valence electrons. The summed E-state index contributed by atoms with van der Waals surface area (Å²) in [6.07, 6.45) is 0. The number of phenolic OH excluding ortho intramolecular Hbond substituents is 1. The van der Waals surface area contributed by atoms with E-state index in [-0.39, 0.29) is 22.7 Å². The lowest BCUT2D eigenvalue weighted by atomic mass is 10.0. The molecule has 0 fully saturated rings. The standard InChI is InChI=1S/C12H12FNO3/c1-5(2)14-11(16)7-4-8(13)6(3)10(15)9(7)12(14)17/h4-5,15H,1-3H3. The van der Waals surface area contributed by atoms with Crippen molar-refractivity contribution in [2.24, 2.45) is 0 Å². The number of fused-ring (bicyclic) bond motifs is 1. The second-order valence-electron chi connectivity index (χ2n) is 4.33. The van der Waals surface area contributed by atoms with Crippen LogP contribution in [0.25, 0.3) is 0 Å². The number of nitrogens with zero attached hydrogens (tertiary/aromatic N) is 1. The highest BCUT2D eigenvalue weighted by Gasteiger charge is 2.40. The van der Waals surface area contributed by atoms with E-state index in [1.165, 1.54) is 6.92 Å². The average Bonchev–Trinajstić information content (AvgIpc) is 2.48. The zero-order valence-electron chi connectivity index (χ0n) is 9.74. The first-order chi connectivity index (χ1) is 7.86. The average molecular weight is 237 g/mol. The number of rotatable bonds is 1. The molecule has 1 aromatic rings. The number of amides is 2. The Balaban J connectivity index is 2.70. The molecular weight excluding hydrogens is 225 g/mol. The molecule has 1 heterocycles. The Hall–Kier alpha value is -1.91. The van der Waals surface area contributed by atoms with Crippen LogP contribution in [-0.4, -0.2) is 27.9 Å². The summed E-state index contributed by atoms with van der Waals surface area (Å²) in [6.45, 7) is 4.73. The predicted molar refractivity (Wildman–Crippen MR) is 58.4 cm³/mol. The molecule has 0 saturated carbocycles. The van der Waals surface area contributed by atoms with E-state index >= 15 is 0 Å². The molecule has 17 heavy (non-hydrogen) atoms. The summed E-state index contributed by atoms with van der Waals surface area (Å²) in [7, 11) is 0. The monoisotopic (exact) mass is 237 g/mol. The number of aromatic hydroxyl groups is 1. The number of imide groups is 1. The van der Waals surface area contributed by atoms with Crippen LogP contribution in [0.3, 0.4) is 0 Å². The molecule has 1 aliphatic heterocycles. The van der Waals surface area contributed by atoms with Crippen molar-refractivity contribution in [3.63, 3.8) is 0 Å². The first-order valence-corrected chi connectivity index (χ1v) is 5.26. The summed E-state index contributed by atoms with van der Waals surface area (Å²) in [5, 5.41) is 9.75. The molecule has 1 aromatic carbocycles. The third-order valence-corrected chi connectivity index (χ3v) is 2.89. The number of carbonyl (C=O) groups is 2. The van der Waals surface area contributed by atoms with E-state index in [1.54, 1.807) is 13.8 Å². The molecule has 2 rings (SSSR count). The predicted octanol–water partition coefficient (Wildman–Crippen LogP) is 1.84. The van der Waals surface area contributed by atoms with Crippen LogP contribution >= 0.6 is 0 Å². The Morgan fingerprint density at radius 3 is 2.41 bits per heavy atom. The first-order valence-electron chi connectivity index (χ1n) is 5.26. The van der Waals surface area contributed by atoms with Crippen LogP contribution in [0.15, 0.2) is 6.07 Å². The van der Waals surface area contributed by atoms with Gasteiger partial charge in [-0.25, -0.2) is 4.39 Å². The Kier molecular flexibility index (Phi) is 2.41. The van der Waals surface area contributed by atoms with Gasteiger partial charge in [0.05, 0.1) is 11.1 Å². The largest absolute Gasteiger partial charge is 0.507 e. The minimum absolute atomic E-state index is 0.0180. The van der Waals surface area contributed by atoms with Crippen LogP contribution in [-0.2, 0) is 0 Å². The van der Waals surface area contributed by atoms with Gasteiger partial charge in [0.2, 0.25) is 0 Å². The number of hydrogen-bond donors (Lipinski definition) is 1. The van der Waals surface area contributed by atoms with E-state index in [4.69, 9.17) is 0 Å². The van der Waals surface area contributed by atoms with E-state index in [0.29, 0.717) is 0 Å². The summed E-state index contributed by atoms with van der Waals surface area (Å²) in [5.41, 5.74) is -0.178. The summed E-state index contributed by atoms with van der Waals surface area (Å²) >= 11 is 0. The van der Waals surface area contributed by atoms with Gasteiger partial charge in [-0.1, -0.05) is 0 Å². The molecule has 5 heteroatoms. The number of halogens is 1. The third kappa shape index (κ3) is 1.42. The SMILES string of the molecule is Cc1c(F)cc2c(c1O)C(=O)N(C(C)C)C2=O. The van der Waals surface area contributed by atoms with Crippen molar-refractivity contribution in [3.05, 3.63) is 28.6 Å². The zero-order chi connectivity index (χ0) is 12.9. The maximum atomic E-state index is 13.4. The number of benzene rings is 1. The molecule has 0 atom stereocenters. The summed E-state index contributed by atoms with van der Waals surface area (Å²) < 4.78 is 13.4. The van der Waals surface area contributed by atoms with Crippen LogP contribution in [0.2, 0.25) is 0 Å². The highest BCUT2D eigenvalue weighted by atomic mass is 19.1. The smallest absolute Gasteiger partial charge is 0.265 e. The van der Waals surface area contributed by atoms with Gasteiger partial charge < -0.3 is 5.11 Å². The topological polar surface area (TPSA) is 57.6 Å². The molecule has 0 aliphatic carbocycles. The molecule has 2 amide bonds. The molecule has 0 saturated heterocycles. The van der Waals surface area contributed by atoms with E-state index < -0.39 is 23.4 Å². The highest BCUT2D eigenvalue weighted by molar-refractivity contribution is 6.22. The normalized spacial score (nSPS) is 14.8. The van der Waals surface area contributed by atoms with E-state index in [1.807, 2.05) is 0 Å². The van der Waals surface area contributed by atoms with Crippen molar-refractivity contribution in [1.82, 2.24) is 4.90 Å². The number of carbonyl (C=O) groups excluding carboxylic acids is 2. The van der Waals surface area contributed by atoms with Gasteiger partial charge in [0, 0.05) is 11.6 Å². The minimum Gasteiger partial charge on any atom is -0.507 e. The lowest BCUT2D eigenvalue weighted by Gasteiger charge is -2.17. The van der Waals surface area contributed by atoms with Crippen LogP contribution in [0.1, 0.15) is 40.1 Å². The summed E-state index contributed by atoms with van der Waals surface area (Å²) in [4.78, 5) is 24.9. The van der Waals surface area contributed by atoms with Gasteiger partial charge in [0.1, 0.15) is 11.6 Å². The molecule has 0 unspecified atom stereocenters. The van der Waals surface area contributed by atoms with Gasteiger partial charge in [-0.15, -0.1) is 0 Å². The van der Waals surface area contributed by atoms with Crippen molar-refractivity contribution in [1.29, 1.82) is 0 Å². The number of hydrogen-bond acceptors (Lipinski definition) is 3. The van der Waals surface area contributed by atoms with E-state index in [2.05, 4.69) is 0 Å². The molecule has 0 aromatic heterocycles. The lowest BCUT2D eigenvalue weighted by Crippen LogP contribution is -2.35. The van der Waals surface area contributed by atoms with Crippen molar-refractivity contribution < 1.29 is 19.1 Å². The van der Waals surface area contributed by atoms with Crippen molar-refractivity contribution in [3.8, 4) is 5.75 Å². The molecule has 0 spiro atoms. The lowest BCUT2D eigenvalue weighted by molar-refractivity contribution is 0.0608. The zero-order valence-corrected chi connectivity index (χ0v) is 9.74. The van der Waals surface area contributed by atoms with Gasteiger partial charge >= 0.3 is 0 Å². The molecule has 1 aliphatic rings. The van der Waals surface area contributed by atoms with Gasteiger partial charge in [-0.3, -0.25) is 14.5 Å². The van der Waals surface area contributed by atoms with Crippen molar-refractivity contribution in [2.45, 2.75) is 26.8 Å². The minimum atomic E-state index is -0.687. The first kappa shape index (κ1) is 11.6. The molecule has 4 nitrogen and oxygen atoms in total. The van der Waals surface area contributed by atoms with Gasteiger partial charge in [0.15, 0.2) is 0 Å². The van der Waals surface area contributed by atoms with Crippen LogP contribution in [0.4, 0.5) is 4.39 Å². The summed E-state index contributed by atoms with van der Waals surface area (Å²) in [5.74, 6) is -2.26. The van der Waals surface area contributed by atoms with Crippen molar-refractivity contribution >= 4 is 11.8 Å². The summed E-state index contributed by atoms with van der Waals surface area (Å²) in [6, 6.07) is 0.678. The molecule has 1 N–H and O–H groups in total. The van der Waals surface area contributed by atoms with Gasteiger partial charge in [-0.05, 0) is 26.8 Å². The van der Waals surface area contributed by atoms with Crippen LogP contribution in [0, 0.1) is 12.7 Å². The van der Waals surface area contributed by atoms with Crippen LogP contribution in [0.5, 0.6) is 5.75 Å². The van der Waals surface area contributed by atoms with Gasteiger partial charge in [0.25, 0.3) is 11.8 Å². The Bertz CT molecular complexity index is 537. The highest BCUT2D eigenvalue weighted by Crippen LogP contribution is 2.35. The Morgan fingerprint density at radius 1 is 1.29 bits per heavy atom. The second-order valence-corrected chi connectivity index (χ2v) is 4.33. The fourth-order valence-electron chi connectivity index (χ4n) is 1.93. The molecule has 0 radical (unpaired) electrons. The Morgan fingerprint density at radius 2 is 1.88 bits per heavy atom. The maximum absolute atomic E-state index is 13.4. The van der Waals surface area contributed by atoms with Crippen molar-refractivity contribution in [2.75, 3.05) is 0 Å². The maximum Gasteiger partial charge on any atom is 0.265 e. The Labute approximate surface area is 97.7 Å². The molecular formula is C12H12FNO3. The van der Waals surface area contributed by atoms with E-state index in [9.17, 15) is 19.1 Å². The van der Waals surface area contributed by atoms with Gasteiger partial charge in [-0.2, -0.15) is 0 Å². The fourth-order valence-corrected chi connectivity index (χ4v) is 1.93. The second kappa shape index (κ2) is 3.55.